The van der Waals surface area contributed by atoms with Gasteiger partial charge in [0.25, 0.3) is 0 Å². The molecule has 3 nitrogen and oxygen atoms in total. The Morgan fingerprint density at radius 2 is 1.86 bits per heavy atom. The lowest BCUT2D eigenvalue weighted by atomic mass is 10.2. The first-order valence-electron chi connectivity index (χ1n) is 7.93. The summed E-state index contributed by atoms with van der Waals surface area (Å²) in [5, 5.41) is 3.42. The van der Waals surface area contributed by atoms with E-state index in [4.69, 9.17) is 9.47 Å². The van der Waals surface area contributed by atoms with E-state index in [1.807, 2.05) is 12.1 Å². The Morgan fingerprint density at radius 1 is 1.09 bits per heavy atom. The third kappa shape index (κ3) is 4.25. The molecule has 1 heterocycles. The number of hydrogen-bond donors (Lipinski definition) is 1. The van der Waals surface area contributed by atoms with Crippen LogP contribution in [0.4, 0.5) is 5.69 Å². The summed E-state index contributed by atoms with van der Waals surface area (Å²) in [4.78, 5) is 0. The molecular formula is C19H23NO2. The van der Waals surface area contributed by atoms with Crippen molar-refractivity contribution in [2.24, 2.45) is 0 Å². The molecule has 1 aliphatic rings. The molecule has 0 aromatic heterocycles. The van der Waals surface area contributed by atoms with E-state index >= 15 is 0 Å². The van der Waals surface area contributed by atoms with Crippen LogP contribution < -0.4 is 10.1 Å². The molecule has 0 saturated carbocycles. The van der Waals surface area contributed by atoms with Gasteiger partial charge in [-0.1, -0.05) is 29.8 Å². The minimum absolute atomic E-state index is 0.267. The van der Waals surface area contributed by atoms with E-state index < -0.39 is 0 Å². The summed E-state index contributed by atoms with van der Waals surface area (Å²) in [6.07, 6.45) is 2.53. The number of nitrogens with one attached hydrogen (secondary N) is 1. The topological polar surface area (TPSA) is 30.5 Å². The minimum atomic E-state index is 0.267. The molecule has 2 aromatic carbocycles. The van der Waals surface area contributed by atoms with Crippen LogP contribution >= 0.6 is 0 Å². The van der Waals surface area contributed by atoms with Gasteiger partial charge in [0.1, 0.15) is 12.4 Å². The predicted octanol–water partition coefficient (Wildman–Crippen LogP) is 4.16. The average molecular weight is 297 g/mol. The van der Waals surface area contributed by atoms with Crippen LogP contribution in [0.2, 0.25) is 0 Å². The second kappa shape index (κ2) is 7.32. The molecule has 1 atom stereocenters. The highest BCUT2D eigenvalue weighted by atomic mass is 16.5. The fourth-order valence-corrected chi connectivity index (χ4v) is 2.54. The van der Waals surface area contributed by atoms with Crippen molar-refractivity contribution >= 4 is 5.69 Å². The lowest BCUT2D eigenvalue weighted by molar-refractivity contribution is 0.0679. The molecular weight excluding hydrogens is 274 g/mol. The number of aryl methyl sites for hydroxylation is 1. The predicted molar refractivity (Wildman–Crippen MR) is 89.4 cm³/mol. The minimum Gasteiger partial charge on any atom is -0.491 e. The maximum absolute atomic E-state index is 5.78. The summed E-state index contributed by atoms with van der Waals surface area (Å²) in [6, 6.07) is 16.7. The van der Waals surface area contributed by atoms with Crippen molar-refractivity contribution in [2.75, 3.05) is 18.5 Å². The van der Waals surface area contributed by atoms with E-state index in [1.54, 1.807) is 0 Å². The largest absolute Gasteiger partial charge is 0.491 e. The highest BCUT2D eigenvalue weighted by molar-refractivity contribution is 5.45. The maximum Gasteiger partial charge on any atom is 0.119 e. The fraction of sp³-hybridized carbons (Fsp3) is 0.368. The van der Waals surface area contributed by atoms with Gasteiger partial charge in [0, 0.05) is 18.8 Å². The van der Waals surface area contributed by atoms with E-state index in [9.17, 15) is 0 Å². The summed E-state index contributed by atoms with van der Waals surface area (Å²) >= 11 is 0. The van der Waals surface area contributed by atoms with Crippen LogP contribution in [0.15, 0.2) is 48.5 Å². The van der Waals surface area contributed by atoms with Gasteiger partial charge in [-0.3, -0.25) is 0 Å². The summed E-state index contributed by atoms with van der Waals surface area (Å²) < 4.78 is 11.3. The van der Waals surface area contributed by atoms with Crippen LogP contribution in [0, 0.1) is 6.92 Å². The number of ether oxygens (including phenoxy) is 2. The van der Waals surface area contributed by atoms with E-state index in [2.05, 4.69) is 48.6 Å². The summed E-state index contributed by atoms with van der Waals surface area (Å²) in [6.45, 7) is 4.44. The molecule has 22 heavy (non-hydrogen) atoms. The van der Waals surface area contributed by atoms with Crippen LogP contribution in [-0.4, -0.2) is 19.3 Å². The van der Waals surface area contributed by atoms with Crippen LogP contribution in [0.5, 0.6) is 5.75 Å². The van der Waals surface area contributed by atoms with E-state index in [0.29, 0.717) is 6.61 Å². The molecule has 0 amide bonds. The Morgan fingerprint density at radius 3 is 2.55 bits per heavy atom. The molecule has 1 aliphatic heterocycles. The lowest BCUT2D eigenvalue weighted by Crippen LogP contribution is -2.16. The van der Waals surface area contributed by atoms with Gasteiger partial charge in [0.05, 0.1) is 6.10 Å². The molecule has 1 fully saturated rings. The fourth-order valence-electron chi connectivity index (χ4n) is 2.54. The first-order valence-corrected chi connectivity index (χ1v) is 7.93. The molecule has 3 rings (SSSR count). The molecule has 0 spiro atoms. The van der Waals surface area contributed by atoms with Gasteiger partial charge >= 0.3 is 0 Å². The molecule has 0 aliphatic carbocycles. The van der Waals surface area contributed by atoms with Gasteiger partial charge in [-0.15, -0.1) is 0 Å². The molecule has 3 heteroatoms. The molecule has 116 valence electrons. The lowest BCUT2D eigenvalue weighted by Gasteiger charge is -2.12. The number of anilines is 1. The number of benzene rings is 2. The zero-order valence-electron chi connectivity index (χ0n) is 13.0. The van der Waals surface area contributed by atoms with Gasteiger partial charge in [0.2, 0.25) is 0 Å². The van der Waals surface area contributed by atoms with Gasteiger partial charge in [-0.05, 0) is 49.6 Å². The van der Waals surface area contributed by atoms with Gasteiger partial charge in [-0.25, -0.2) is 0 Å². The molecule has 2 aromatic rings. The first-order chi connectivity index (χ1) is 10.8. The van der Waals surface area contributed by atoms with Crippen molar-refractivity contribution in [1.82, 2.24) is 0 Å². The van der Waals surface area contributed by atoms with Crippen molar-refractivity contribution in [1.29, 1.82) is 0 Å². The van der Waals surface area contributed by atoms with Gasteiger partial charge in [0.15, 0.2) is 0 Å². The van der Waals surface area contributed by atoms with Crippen LogP contribution in [0.1, 0.15) is 24.0 Å². The molecule has 1 saturated heterocycles. The van der Waals surface area contributed by atoms with Crippen molar-refractivity contribution in [3.8, 4) is 5.75 Å². The van der Waals surface area contributed by atoms with Gasteiger partial charge < -0.3 is 14.8 Å². The normalized spacial score (nSPS) is 17.4. The van der Waals surface area contributed by atoms with Crippen molar-refractivity contribution in [2.45, 2.75) is 32.4 Å². The second-order valence-corrected chi connectivity index (χ2v) is 5.81. The smallest absolute Gasteiger partial charge is 0.119 e. The van der Waals surface area contributed by atoms with Crippen LogP contribution in [0.3, 0.4) is 0 Å². The zero-order chi connectivity index (χ0) is 15.2. The Bertz CT molecular complexity index is 571. The Kier molecular flexibility index (Phi) is 4.96. The average Bonchev–Trinajstić information content (AvgIpc) is 3.07. The van der Waals surface area contributed by atoms with Crippen LogP contribution in [0.25, 0.3) is 0 Å². The first kappa shape index (κ1) is 14.9. The van der Waals surface area contributed by atoms with Crippen molar-refractivity contribution in [3.05, 3.63) is 59.7 Å². The van der Waals surface area contributed by atoms with Crippen LogP contribution in [-0.2, 0) is 11.3 Å². The second-order valence-electron chi connectivity index (χ2n) is 5.81. The zero-order valence-corrected chi connectivity index (χ0v) is 13.0. The number of hydrogen-bond acceptors (Lipinski definition) is 3. The number of rotatable bonds is 6. The molecule has 1 unspecified atom stereocenters. The SMILES string of the molecule is Cc1ccc(NCc2ccc(OCC3CCCO3)cc2)cc1. The van der Waals surface area contributed by atoms with Crippen molar-refractivity contribution < 1.29 is 9.47 Å². The van der Waals surface area contributed by atoms with E-state index in [0.717, 1.165) is 37.4 Å². The highest BCUT2D eigenvalue weighted by Gasteiger charge is 2.15. The monoisotopic (exact) mass is 297 g/mol. The third-order valence-electron chi connectivity index (χ3n) is 3.93. The Labute approximate surface area is 132 Å². The summed E-state index contributed by atoms with van der Waals surface area (Å²) in [7, 11) is 0. The Balaban J connectivity index is 1.47. The van der Waals surface area contributed by atoms with Crippen molar-refractivity contribution in [3.63, 3.8) is 0 Å². The molecule has 0 bridgehead atoms. The third-order valence-corrected chi connectivity index (χ3v) is 3.93. The molecule has 0 radical (unpaired) electrons. The molecule has 1 N–H and O–H groups in total. The van der Waals surface area contributed by atoms with E-state index in [-0.39, 0.29) is 6.10 Å². The summed E-state index contributed by atoms with van der Waals surface area (Å²) in [5.41, 5.74) is 3.66. The Hall–Kier alpha value is -2.00. The van der Waals surface area contributed by atoms with Gasteiger partial charge in [-0.2, -0.15) is 0 Å². The maximum atomic E-state index is 5.78. The van der Waals surface area contributed by atoms with E-state index in [1.165, 1.54) is 11.1 Å². The highest BCUT2D eigenvalue weighted by Crippen LogP contribution is 2.17. The quantitative estimate of drug-likeness (QED) is 0.868. The standard InChI is InChI=1S/C19H23NO2/c1-15-4-8-17(9-5-15)20-13-16-6-10-18(11-7-16)22-14-19-3-2-12-21-19/h4-11,19-20H,2-3,12-14H2,1H3. The summed E-state index contributed by atoms with van der Waals surface area (Å²) in [5.74, 6) is 0.912.